The van der Waals surface area contributed by atoms with Crippen LogP contribution in [0.3, 0.4) is 0 Å². The van der Waals surface area contributed by atoms with Gasteiger partial charge in [0.2, 0.25) is 0 Å². The van der Waals surface area contributed by atoms with Crippen molar-refractivity contribution >= 4 is 19.9 Å². The summed E-state index contributed by atoms with van der Waals surface area (Å²) in [6.45, 7) is -0.157. The van der Waals surface area contributed by atoms with Gasteiger partial charge in [-0.1, -0.05) is 0 Å². The number of alkyl halides is 3. The van der Waals surface area contributed by atoms with Gasteiger partial charge in [0, 0.05) is 17.2 Å². The zero-order valence-corrected chi connectivity index (χ0v) is 7.95. The summed E-state index contributed by atoms with van der Waals surface area (Å²) >= 11 is 0. The van der Waals surface area contributed by atoms with E-state index in [0.717, 1.165) is 0 Å². The average molecular weight is 238 g/mol. The number of hydrogen-bond acceptors (Lipinski definition) is 2. The second-order valence-electron chi connectivity index (χ2n) is 2.75. The lowest BCUT2D eigenvalue weighted by Crippen LogP contribution is -2.42. The fourth-order valence-corrected chi connectivity index (χ4v) is 2.70. The molecule has 1 saturated heterocycles. The molecule has 0 spiro atoms. The summed E-state index contributed by atoms with van der Waals surface area (Å²) in [5.74, 6) is 0. The predicted molar refractivity (Wildman–Crippen MR) is 40.6 cm³/mol. The van der Waals surface area contributed by atoms with Crippen molar-refractivity contribution in [2.45, 2.75) is 25.1 Å². The van der Waals surface area contributed by atoms with Crippen LogP contribution in [0.15, 0.2) is 0 Å². The van der Waals surface area contributed by atoms with Gasteiger partial charge in [0.15, 0.2) is 0 Å². The van der Waals surface area contributed by atoms with Gasteiger partial charge >= 0.3 is 6.18 Å². The van der Waals surface area contributed by atoms with Crippen LogP contribution in [0.5, 0.6) is 0 Å². The van der Waals surface area contributed by atoms with Crippen molar-refractivity contribution < 1.29 is 21.6 Å². The van der Waals surface area contributed by atoms with E-state index in [0.29, 0.717) is 0 Å². The van der Waals surface area contributed by atoms with Crippen LogP contribution in [-0.4, -0.2) is 31.5 Å². The lowest BCUT2D eigenvalue weighted by molar-refractivity contribution is -0.164. The zero-order chi connectivity index (χ0) is 10.3. The minimum atomic E-state index is -4.53. The van der Waals surface area contributed by atoms with Crippen LogP contribution in [-0.2, 0) is 9.24 Å². The molecular formula is C5H7ClF3NO2S. The van der Waals surface area contributed by atoms with Crippen molar-refractivity contribution in [3.8, 4) is 0 Å². The van der Waals surface area contributed by atoms with Crippen molar-refractivity contribution in [1.29, 1.82) is 0 Å². The van der Waals surface area contributed by atoms with Crippen molar-refractivity contribution in [1.82, 2.24) is 4.31 Å². The highest BCUT2D eigenvalue weighted by Gasteiger charge is 2.49. The molecule has 0 amide bonds. The van der Waals surface area contributed by atoms with Crippen LogP contribution in [0.1, 0.15) is 12.8 Å². The van der Waals surface area contributed by atoms with Crippen molar-refractivity contribution in [3.63, 3.8) is 0 Å². The van der Waals surface area contributed by atoms with Crippen LogP contribution in [0.2, 0.25) is 0 Å². The molecule has 0 unspecified atom stereocenters. The topological polar surface area (TPSA) is 37.4 Å². The summed E-state index contributed by atoms with van der Waals surface area (Å²) in [5, 5.41) is 0. The maximum absolute atomic E-state index is 12.2. The normalized spacial score (nSPS) is 26.6. The first-order valence-corrected chi connectivity index (χ1v) is 5.77. The van der Waals surface area contributed by atoms with Crippen LogP contribution in [0, 0.1) is 0 Å². The molecule has 13 heavy (non-hydrogen) atoms. The summed E-state index contributed by atoms with van der Waals surface area (Å²) in [7, 11) is 0.589. The fraction of sp³-hybridized carbons (Fsp3) is 1.00. The van der Waals surface area contributed by atoms with E-state index in [1.807, 2.05) is 0 Å². The van der Waals surface area contributed by atoms with Gasteiger partial charge in [-0.2, -0.15) is 25.9 Å². The molecule has 1 heterocycles. The van der Waals surface area contributed by atoms with E-state index >= 15 is 0 Å². The summed E-state index contributed by atoms with van der Waals surface area (Å²) in [5.41, 5.74) is 0. The standard InChI is InChI=1S/C5H7ClF3NO2S/c6-13(11,12)10-3-1-2-4(10)5(7,8)9/h4H,1-3H2/t4-/m1/s1. The third-order valence-electron chi connectivity index (χ3n) is 1.86. The Morgan fingerprint density at radius 2 is 1.92 bits per heavy atom. The molecule has 0 bridgehead atoms. The van der Waals surface area contributed by atoms with E-state index in [1.54, 1.807) is 0 Å². The Hall–Kier alpha value is -0.0100. The maximum atomic E-state index is 12.2. The molecule has 3 nitrogen and oxygen atoms in total. The van der Waals surface area contributed by atoms with E-state index in [9.17, 15) is 21.6 Å². The lowest BCUT2D eigenvalue weighted by Gasteiger charge is -2.22. The van der Waals surface area contributed by atoms with Crippen LogP contribution >= 0.6 is 10.7 Å². The van der Waals surface area contributed by atoms with Gasteiger partial charge in [-0.3, -0.25) is 0 Å². The van der Waals surface area contributed by atoms with Gasteiger partial charge in [0.1, 0.15) is 6.04 Å². The number of hydrogen-bond donors (Lipinski definition) is 0. The van der Waals surface area contributed by atoms with Gasteiger partial charge in [-0.05, 0) is 12.8 Å². The zero-order valence-electron chi connectivity index (χ0n) is 6.38. The SMILES string of the molecule is O=S(=O)(Cl)N1CCC[C@@H]1C(F)(F)F. The highest BCUT2D eigenvalue weighted by Crippen LogP contribution is 2.35. The number of halogens is 4. The molecule has 1 aliphatic heterocycles. The molecule has 0 aromatic carbocycles. The molecule has 1 aliphatic rings. The quantitative estimate of drug-likeness (QED) is 0.648. The Labute approximate surface area is 78.0 Å². The van der Waals surface area contributed by atoms with Gasteiger partial charge in [-0.25, -0.2) is 0 Å². The molecular weight excluding hydrogens is 231 g/mol. The molecule has 1 atom stereocenters. The molecule has 0 aromatic rings. The molecule has 0 N–H and O–H groups in total. The van der Waals surface area contributed by atoms with E-state index in [2.05, 4.69) is 0 Å². The highest BCUT2D eigenvalue weighted by atomic mass is 35.7. The minimum absolute atomic E-state index is 0.157. The Kier molecular flexibility index (Phi) is 2.80. The molecule has 1 fully saturated rings. The first-order chi connectivity index (χ1) is 5.73. The third-order valence-corrected chi connectivity index (χ3v) is 3.39. The van der Waals surface area contributed by atoms with Gasteiger partial charge in [0.25, 0.3) is 9.24 Å². The van der Waals surface area contributed by atoms with Gasteiger partial charge < -0.3 is 0 Å². The lowest BCUT2D eigenvalue weighted by atomic mass is 10.2. The summed E-state index contributed by atoms with van der Waals surface area (Å²) in [6, 6.07) is -1.95. The smallest absolute Gasteiger partial charge is 0.195 e. The summed E-state index contributed by atoms with van der Waals surface area (Å²) in [6.07, 6.45) is -4.55. The average Bonchev–Trinajstić information content (AvgIpc) is 2.27. The molecule has 0 saturated carbocycles. The fourth-order valence-electron chi connectivity index (χ4n) is 1.33. The van der Waals surface area contributed by atoms with Gasteiger partial charge in [-0.15, -0.1) is 0 Å². The monoisotopic (exact) mass is 237 g/mol. The largest absolute Gasteiger partial charge is 0.405 e. The first-order valence-electron chi connectivity index (χ1n) is 3.51. The molecule has 0 aliphatic carbocycles. The summed E-state index contributed by atoms with van der Waals surface area (Å²) in [4.78, 5) is 0. The number of nitrogens with zero attached hydrogens (tertiary/aromatic N) is 1. The second kappa shape index (κ2) is 3.29. The van der Waals surface area contributed by atoms with Crippen molar-refractivity contribution in [2.75, 3.05) is 6.54 Å². The Morgan fingerprint density at radius 3 is 2.23 bits per heavy atom. The minimum Gasteiger partial charge on any atom is -0.195 e. The highest BCUT2D eigenvalue weighted by molar-refractivity contribution is 8.11. The van der Waals surface area contributed by atoms with E-state index < -0.39 is 21.5 Å². The molecule has 8 heteroatoms. The summed E-state index contributed by atoms with van der Waals surface area (Å²) < 4.78 is 58.2. The van der Waals surface area contributed by atoms with Crippen LogP contribution in [0.4, 0.5) is 13.2 Å². The van der Waals surface area contributed by atoms with E-state index in [4.69, 9.17) is 10.7 Å². The Morgan fingerprint density at radius 1 is 1.38 bits per heavy atom. The van der Waals surface area contributed by atoms with Crippen LogP contribution in [0.25, 0.3) is 0 Å². The Balaban J connectivity index is 2.89. The maximum Gasteiger partial charge on any atom is 0.405 e. The van der Waals surface area contributed by atoms with E-state index in [1.165, 1.54) is 0 Å². The van der Waals surface area contributed by atoms with E-state index in [-0.39, 0.29) is 23.7 Å². The first kappa shape index (κ1) is 11.1. The second-order valence-corrected chi connectivity index (χ2v) is 5.22. The van der Waals surface area contributed by atoms with Crippen molar-refractivity contribution in [3.05, 3.63) is 0 Å². The third kappa shape index (κ3) is 2.47. The molecule has 0 aromatic heterocycles. The molecule has 0 radical (unpaired) electrons. The van der Waals surface area contributed by atoms with Crippen molar-refractivity contribution in [2.24, 2.45) is 0 Å². The molecule has 1 rings (SSSR count). The van der Waals surface area contributed by atoms with Gasteiger partial charge in [0.05, 0.1) is 0 Å². The Bertz CT molecular complexity index is 289. The molecule has 78 valence electrons. The van der Waals surface area contributed by atoms with Crippen LogP contribution < -0.4 is 0 Å². The predicted octanol–water partition coefficient (Wildman–Crippen LogP) is 1.50. The number of rotatable bonds is 1.